The quantitative estimate of drug-likeness (QED) is 0.661. The lowest BCUT2D eigenvalue weighted by molar-refractivity contribution is -0.388. The first-order chi connectivity index (χ1) is 9.88. The van der Waals surface area contributed by atoms with Crippen LogP contribution in [0.2, 0.25) is 10.0 Å². The molecule has 1 heterocycles. The monoisotopic (exact) mass is 344 g/mol. The highest BCUT2D eigenvalue weighted by molar-refractivity contribution is 7.99. The number of rotatable bonds is 4. The zero-order valence-electron chi connectivity index (χ0n) is 10.1. The van der Waals surface area contributed by atoms with Gasteiger partial charge in [-0.3, -0.25) is 10.1 Å². The van der Waals surface area contributed by atoms with Gasteiger partial charge in [0.05, 0.1) is 20.5 Å². The largest absolute Gasteiger partial charge is 0.478 e. The fourth-order valence-electron chi connectivity index (χ4n) is 1.42. The van der Waals surface area contributed by atoms with E-state index in [1.165, 1.54) is 0 Å². The first kappa shape index (κ1) is 15.6. The summed E-state index contributed by atoms with van der Waals surface area (Å²) in [6, 6.07) is 5.71. The number of benzene rings is 1. The summed E-state index contributed by atoms with van der Waals surface area (Å²) in [4.78, 5) is 25.6. The SMILES string of the molecule is O=C(O)c1cnc(Sc2ccc(Cl)c(Cl)c2)c([N+](=O)[O-])c1. The van der Waals surface area contributed by atoms with Gasteiger partial charge in [-0.15, -0.1) is 0 Å². The molecule has 21 heavy (non-hydrogen) atoms. The third kappa shape index (κ3) is 3.63. The van der Waals surface area contributed by atoms with E-state index in [0.29, 0.717) is 14.9 Å². The Balaban J connectivity index is 2.41. The molecule has 9 heteroatoms. The van der Waals surface area contributed by atoms with Gasteiger partial charge in [0.2, 0.25) is 0 Å². The van der Waals surface area contributed by atoms with Crippen molar-refractivity contribution in [2.45, 2.75) is 9.92 Å². The molecule has 0 atom stereocenters. The molecule has 0 aliphatic heterocycles. The van der Waals surface area contributed by atoms with Crippen LogP contribution in [0.15, 0.2) is 40.4 Å². The molecular weight excluding hydrogens is 339 g/mol. The average Bonchev–Trinajstić information content (AvgIpc) is 2.43. The molecule has 0 aliphatic carbocycles. The van der Waals surface area contributed by atoms with Gasteiger partial charge in [-0.25, -0.2) is 9.78 Å². The van der Waals surface area contributed by atoms with Crippen LogP contribution in [-0.2, 0) is 0 Å². The molecule has 0 saturated carbocycles. The van der Waals surface area contributed by atoms with Crippen LogP contribution in [0.4, 0.5) is 5.69 Å². The van der Waals surface area contributed by atoms with E-state index in [9.17, 15) is 14.9 Å². The topological polar surface area (TPSA) is 93.3 Å². The van der Waals surface area contributed by atoms with Gasteiger partial charge in [-0.05, 0) is 18.2 Å². The van der Waals surface area contributed by atoms with E-state index >= 15 is 0 Å². The van der Waals surface area contributed by atoms with E-state index in [-0.39, 0.29) is 16.3 Å². The van der Waals surface area contributed by atoms with Gasteiger partial charge in [0.15, 0.2) is 5.03 Å². The summed E-state index contributed by atoms with van der Waals surface area (Å²) < 4.78 is 0. The number of aromatic nitrogens is 1. The minimum atomic E-state index is -1.28. The number of halogens is 2. The summed E-state index contributed by atoms with van der Waals surface area (Å²) >= 11 is 12.7. The number of carboxylic acid groups (broad SMARTS) is 1. The minimum Gasteiger partial charge on any atom is -0.478 e. The van der Waals surface area contributed by atoms with E-state index in [1.54, 1.807) is 18.2 Å². The molecule has 1 aromatic heterocycles. The summed E-state index contributed by atoms with van der Waals surface area (Å²) in [7, 11) is 0. The van der Waals surface area contributed by atoms with E-state index in [0.717, 1.165) is 24.0 Å². The van der Waals surface area contributed by atoms with Gasteiger partial charge in [0, 0.05) is 17.2 Å². The number of hydrogen-bond donors (Lipinski definition) is 1. The Kier molecular flexibility index (Phi) is 4.66. The third-order valence-electron chi connectivity index (χ3n) is 2.38. The molecule has 0 fully saturated rings. The molecule has 0 saturated heterocycles. The summed E-state index contributed by atoms with van der Waals surface area (Å²) in [6.07, 6.45) is 1.06. The van der Waals surface area contributed by atoms with Crippen molar-refractivity contribution >= 4 is 46.6 Å². The minimum absolute atomic E-state index is 0.0726. The van der Waals surface area contributed by atoms with Gasteiger partial charge in [-0.1, -0.05) is 35.0 Å². The fraction of sp³-hybridized carbons (Fsp3) is 0. The molecule has 0 bridgehead atoms. The van der Waals surface area contributed by atoms with Crippen LogP contribution >= 0.6 is 35.0 Å². The molecule has 2 rings (SSSR count). The van der Waals surface area contributed by atoms with Crippen molar-refractivity contribution in [3.8, 4) is 0 Å². The Hall–Kier alpha value is -1.83. The number of hydrogen-bond acceptors (Lipinski definition) is 5. The number of carboxylic acids is 1. The Morgan fingerprint density at radius 1 is 1.29 bits per heavy atom. The van der Waals surface area contributed by atoms with Crippen LogP contribution in [0.1, 0.15) is 10.4 Å². The van der Waals surface area contributed by atoms with Gasteiger partial charge < -0.3 is 5.11 Å². The lowest BCUT2D eigenvalue weighted by Gasteiger charge is -2.04. The molecule has 0 amide bonds. The second-order valence-electron chi connectivity index (χ2n) is 3.79. The molecule has 1 aromatic carbocycles. The predicted molar refractivity (Wildman–Crippen MR) is 78.4 cm³/mol. The number of nitro groups is 1. The van der Waals surface area contributed by atoms with Crippen LogP contribution < -0.4 is 0 Å². The van der Waals surface area contributed by atoms with Crippen molar-refractivity contribution in [3.05, 3.63) is 56.2 Å². The Morgan fingerprint density at radius 3 is 2.57 bits per heavy atom. The fourth-order valence-corrected chi connectivity index (χ4v) is 2.66. The van der Waals surface area contributed by atoms with E-state index in [4.69, 9.17) is 28.3 Å². The Morgan fingerprint density at radius 2 is 2.00 bits per heavy atom. The Labute approximate surface area is 132 Å². The predicted octanol–water partition coefficient (Wildman–Crippen LogP) is 4.15. The van der Waals surface area contributed by atoms with E-state index in [1.807, 2.05) is 0 Å². The maximum Gasteiger partial charge on any atom is 0.337 e. The molecule has 1 N–H and O–H groups in total. The normalized spacial score (nSPS) is 10.4. The zero-order chi connectivity index (χ0) is 15.6. The first-order valence-corrected chi connectivity index (χ1v) is 6.96. The first-order valence-electron chi connectivity index (χ1n) is 5.39. The molecule has 0 aliphatic rings. The smallest absolute Gasteiger partial charge is 0.337 e. The molecule has 0 radical (unpaired) electrons. The third-order valence-corrected chi connectivity index (χ3v) is 4.12. The molecule has 2 aromatic rings. The second kappa shape index (κ2) is 6.30. The van der Waals surface area contributed by atoms with E-state index in [2.05, 4.69) is 4.98 Å². The number of nitrogens with zero attached hydrogens (tertiary/aromatic N) is 2. The van der Waals surface area contributed by atoms with Gasteiger partial charge in [0.1, 0.15) is 0 Å². The highest BCUT2D eigenvalue weighted by Crippen LogP contribution is 2.36. The lowest BCUT2D eigenvalue weighted by atomic mass is 10.3. The number of pyridine rings is 1. The van der Waals surface area contributed by atoms with Crippen molar-refractivity contribution in [2.75, 3.05) is 0 Å². The Bertz CT molecular complexity index is 739. The maximum absolute atomic E-state index is 11.0. The van der Waals surface area contributed by atoms with Crippen molar-refractivity contribution in [3.63, 3.8) is 0 Å². The van der Waals surface area contributed by atoms with E-state index < -0.39 is 10.9 Å². The van der Waals surface area contributed by atoms with Gasteiger partial charge in [-0.2, -0.15) is 0 Å². The lowest BCUT2D eigenvalue weighted by Crippen LogP contribution is -2.01. The summed E-state index contributed by atoms with van der Waals surface area (Å²) in [5.41, 5.74) is -0.633. The van der Waals surface area contributed by atoms with Gasteiger partial charge >= 0.3 is 11.7 Å². The zero-order valence-corrected chi connectivity index (χ0v) is 12.4. The van der Waals surface area contributed by atoms with Crippen molar-refractivity contribution in [1.82, 2.24) is 4.98 Å². The van der Waals surface area contributed by atoms with Gasteiger partial charge in [0.25, 0.3) is 0 Å². The second-order valence-corrected chi connectivity index (χ2v) is 5.67. The van der Waals surface area contributed by atoms with Crippen molar-refractivity contribution in [2.24, 2.45) is 0 Å². The van der Waals surface area contributed by atoms with Crippen LogP contribution in [-0.4, -0.2) is 21.0 Å². The van der Waals surface area contributed by atoms with Crippen LogP contribution in [0.5, 0.6) is 0 Å². The van der Waals surface area contributed by atoms with Crippen molar-refractivity contribution in [1.29, 1.82) is 0 Å². The maximum atomic E-state index is 11.0. The molecule has 108 valence electrons. The summed E-state index contributed by atoms with van der Waals surface area (Å²) in [5, 5.41) is 20.6. The summed E-state index contributed by atoms with van der Waals surface area (Å²) in [5.74, 6) is -1.28. The highest BCUT2D eigenvalue weighted by Gasteiger charge is 2.20. The molecule has 6 nitrogen and oxygen atoms in total. The molecular formula is C12H6Cl2N2O4S. The number of aromatic carboxylic acids is 1. The van der Waals surface area contributed by atoms with Crippen LogP contribution in [0, 0.1) is 10.1 Å². The standard InChI is InChI=1S/C12H6Cl2N2O4S/c13-8-2-1-7(4-9(8)14)21-11-10(16(19)20)3-6(5-15-11)12(17)18/h1-5H,(H,17,18). The number of carbonyl (C=O) groups is 1. The van der Waals surface area contributed by atoms with Crippen molar-refractivity contribution < 1.29 is 14.8 Å². The molecule has 0 unspecified atom stereocenters. The molecule has 0 spiro atoms. The summed E-state index contributed by atoms with van der Waals surface area (Å²) in [6.45, 7) is 0. The van der Waals surface area contributed by atoms with Crippen LogP contribution in [0.3, 0.4) is 0 Å². The van der Waals surface area contributed by atoms with Crippen LogP contribution in [0.25, 0.3) is 0 Å². The average molecular weight is 345 g/mol. The highest BCUT2D eigenvalue weighted by atomic mass is 35.5.